The topological polar surface area (TPSA) is 55.6 Å². The van der Waals surface area contributed by atoms with E-state index >= 15 is 0 Å². The van der Waals surface area contributed by atoms with Crippen molar-refractivity contribution in [2.75, 3.05) is 5.32 Å². The van der Waals surface area contributed by atoms with E-state index in [0.717, 1.165) is 11.1 Å². The molecule has 2 aromatic carbocycles. The molecule has 0 atom stereocenters. The highest BCUT2D eigenvalue weighted by atomic mass is 35.5. The zero-order valence-corrected chi connectivity index (χ0v) is 14.4. The molecule has 0 aliphatic rings. The summed E-state index contributed by atoms with van der Waals surface area (Å²) in [5.41, 5.74) is 3.66. The lowest BCUT2D eigenvalue weighted by Gasteiger charge is -2.20. The third-order valence-electron chi connectivity index (χ3n) is 4.08. The molecule has 0 fully saturated rings. The molecule has 4 rings (SSSR count). The van der Waals surface area contributed by atoms with E-state index in [1.165, 1.54) is 0 Å². The average molecular weight is 350 g/mol. The van der Waals surface area contributed by atoms with Gasteiger partial charge in [0.05, 0.1) is 12.4 Å². The summed E-state index contributed by atoms with van der Waals surface area (Å²) >= 11 is 6.12. The average Bonchev–Trinajstić information content (AvgIpc) is 3.02. The number of benzene rings is 2. The fourth-order valence-electron chi connectivity index (χ4n) is 2.87. The van der Waals surface area contributed by atoms with Crippen LogP contribution in [-0.4, -0.2) is 19.5 Å². The minimum absolute atomic E-state index is 0.0708. The molecule has 0 spiro atoms. The van der Waals surface area contributed by atoms with Crippen molar-refractivity contribution < 1.29 is 0 Å². The molecular weight excluding hydrogens is 334 g/mol. The first-order chi connectivity index (χ1) is 12.2. The Hall–Kier alpha value is -2.92. The molecule has 0 amide bonds. The van der Waals surface area contributed by atoms with Gasteiger partial charge in [-0.3, -0.25) is 0 Å². The van der Waals surface area contributed by atoms with Crippen molar-refractivity contribution in [3.63, 3.8) is 0 Å². The molecule has 0 unspecified atom stereocenters. The number of nitrogens with one attached hydrogen (secondary N) is 1. The van der Waals surface area contributed by atoms with Gasteiger partial charge in [-0.25, -0.2) is 4.98 Å². The van der Waals surface area contributed by atoms with Crippen LogP contribution in [0.25, 0.3) is 11.2 Å². The van der Waals surface area contributed by atoms with E-state index in [4.69, 9.17) is 11.6 Å². The van der Waals surface area contributed by atoms with Gasteiger partial charge in [-0.1, -0.05) is 60.7 Å². The van der Waals surface area contributed by atoms with Crippen LogP contribution in [-0.2, 0) is 7.05 Å². The van der Waals surface area contributed by atoms with Crippen molar-refractivity contribution in [2.45, 2.75) is 6.04 Å². The van der Waals surface area contributed by atoms with Gasteiger partial charge in [0.2, 0.25) is 5.28 Å². The van der Waals surface area contributed by atoms with E-state index in [9.17, 15) is 0 Å². The molecule has 0 radical (unpaired) electrons. The number of halogens is 1. The Kier molecular flexibility index (Phi) is 4.07. The molecule has 0 bridgehead atoms. The molecule has 0 saturated carbocycles. The van der Waals surface area contributed by atoms with Crippen LogP contribution in [0.5, 0.6) is 0 Å². The molecule has 2 heterocycles. The van der Waals surface area contributed by atoms with Gasteiger partial charge < -0.3 is 9.88 Å². The van der Waals surface area contributed by atoms with E-state index in [0.29, 0.717) is 17.0 Å². The predicted octanol–water partition coefficient (Wildman–Crippen LogP) is 4.22. The van der Waals surface area contributed by atoms with Crippen molar-refractivity contribution in [3.8, 4) is 0 Å². The highest BCUT2D eigenvalue weighted by Crippen LogP contribution is 2.29. The second-order valence-electron chi connectivity index (χ2n) is 5.77. The lowest BCUT2D eigenvalue weighted by Crippen LogP contribution is -2.14. The monoisotopic (exact) mass is 349 g/mol. The molecule has 2 aromatic heterocycles. The Balaban J connectivity index is 1.82. The molecule has 25 heavy (non-hydrogen) atoms. The maximum atomic E-state index is 6.12. The van der Waals surface area contributed by atoms with Gasteiger partial charge in [0.15, 0.2) is 17.0 Å². The van der Waals surface area contributed by atoms with E-state index < -0.39 is 0 Å². The van der Waals surface area contributed by atoms with Crippen LogP contribution in [0.2, 0.25) is 5.28 Å². The zero-order valence-electron chi connectivity index (χ0n) is 13.6. The maximum Gasteiger partial charge on any atom is 0.226 e. The second kappa shape index (κ2) is 6.53. The summed E-state index contributed by atoms with van der Waals surface area (Å²) in [5.74, 6) is 0.619. The Morgan fingerprint density at radius 3 is 2.12 bits per heavy atom. The standard InChI is InChI=1S/C19H16ClN5/c1-25-12-21-16-17(23-19(20)24-18(16)25)22-15(13-8-4-2-5-9-13)14-10-6-3-7-11-14/h2-12,15H,1H3,(H,22,23,24). The largest absolute Gasteiger partial charge is 0.357 e. The van der Waals surface area contributed by atoms with E-state index in [1.807, 2.05) is 48.0 Å². The quantitative estimate of drug-likeness (QED) is 0.560. The third-order valence-corrected chi connectivity index (χ3v) is 4.25. The van der Waals surface area contributed by atoms with Crippen molar-refractivity contribution >= 4 is 28.6 Å². The highest BCUT2D eigenvalue weighted by Gasteiger charge is 2.18. The molecule has 0 aliphatic heterocycles. The summed E-state index contributed by atoms with van der Waals surface area (Å²) in [4.78, 5) is 13.1. The zero-order chi connectivity index (χ0) is 17.2. The smallest absolute Gasteiger partial charge is 0.226 e. The van der Waals surface area contributed by atoms with Crippen molar-refractivity contribution in [1.82, 2.24) is 19.5 Å². The fourth-order valence-corrected chi connectivity index (χ4v) is 3.03. The van der Waals surface area contributed by atoms with Crippen LogP contribution < -0.4 is 5.32 Å². The lowest BCUT2D eigenvalue weighted by atomic mass is 9.99. The van der Waals surface area contributed by atoms with Crippen LogP contribution in [0.1, 0.15) is 17.2 Å². The van der Waals surface area contributed by atoms with Crippen LogP contribution in [0.4, 0.5) is 5.82 Å². The van der Waals surface area contributed by atoms with Gasteiger partial charge in [-0.2, -0.15) is 9.97 Å². The first-order valence-electron chi connectivity index (χ1n) is 7.93. The Bertz CT molecular complexity index is 959. The molecule has 124 valence electrons. The van der Waals surface area contributed by atoms with Gasteiger partial charge in [-0.05, 0) is 22.7 Å². The summed E-state index contributed by atoms with van der Waals surface area (Å²) in [7, 11) is 1.88. The first-order valence-corrected chi connectivity index (χ1v) is 8.31. The third kappa shape index (κ3) is 3.06. The number of hydrogen-bond acceptors (Lipinski definition) is 4. The number of rotatable bonds is 4. The summed E-state index contributed by atoms with van der Waals surface area (Å²) in [6, 6.07) is 20.4. The molecular formula is C19H16ClN5. The summed E-state index contributed by atoms with van der Waals surface area (Å²) in [6.07, 6.45) is 1.71. The van der Waals surface area contributed by atoms with Gasteiger partial charge in [0.1, 0.15) is 0 Å². The van der Waals surface area contributed by atoms with Gasteiger partial charge in [0, 0.05) is 7.05 Å². The van der Waals surface area contributed by atoms with Gasteiger partial charge >= 0.3 is 0 Å². The minimum atomic E-state index is -0.0708. The predicted molar refractivity (Wildman–Crippen MR) is 99.7 cm³/mol. The van der Waals surface area contributed by atoms with Crippen molar-refractivity contribution in [1.29, 1.82) is 0 Å². The van der Waals surface area contributed by atoms with Crippen LogP contribution in [0.15, 0.2) is 67.0 Å². The van der Waals surface area contributed by atoms with E-state index in [1.54, 1.807) is 6.33 Å². The number of anilines is 1. The summed E-state index contributed by atoms with van der Waals surface area (Å²) in [5, 5.41) is 3.69. The van der Waals surface area contributed by atoms with Crippen molar-refractivity contribution in [3.05, 3.63) is 83.4 Å². The lowest BCUT2D eigenvalue weighted by molar-refractivity contribution is 0.918. The van der Waals surface area contributed by atoms with Crippen molar-refractivity contribution in [2.24, 2.45) is 7.05 Å². The number of aryl methyl sites for hydroxylation is 1. The molecule has 5 nitrogen and oxygen atoms in total. The fraction of sp³-hybridized carbons (Fsp3) is 0.105. The Morgan fingerprint density at radius 2 is 1.52 bits per heavy atom. The van der Waals surface area contributed by atoms with Gasteiger partial charge in [0.25, 0.3) is 0 Å². The number of fused-ring (bicyclic) bond motifs is 1. The number of nitrogens with zero attached hydrogens (tertiary/aromatic N) is 4. The maximum absolute atomic E-state index is 6.12. The van der Waals surface area contributed by atoms with Crippen LogP contribution in [0, 0.1) is 0 Å². The van der Waals surface area contributed by atoms with Gasteiger partial charge in [-0.15, -0.1) is 0 Å². The van der Waals surface area contributed by atoms with E-state index in [2.05, 4.69) is 44.5 Å². The normalized spacial score (nSPS) is 11.2. The Morgan fingerprint density at radius 1 is 0.920 bits per heavy atom. The molecule has 4 aromatic rings. The molecule has 6 heteroatoms. The van der Waals surface area contributed by atoms with Crippen LogP contribution in [0.3, 0.4) is 0 Å². The number of aromatic nitrogens is 4. The first kappa shape index (κ1) is 15.6. The minimum Gasteiger partial charge on any atom is -0.357 e. The number of hydrogen-bond donors (Lipinski definition) is 1. The SMILES string of the molecule is Cn1cnc2c(NC(c3ccccc3)c3ccccc3)nc(Cl)nc21. The van der Waals surface area contributed by atoms with E-state index in [-0.39, 0.29) is 11.3 Å². The van der Waals surface area contributed by atoms with Crippen LogP contribution >= 0.6 is 11.6 Å². The second-order valence-corrected chi connectivity index (χ2v) is 6.11. The molecule has 0 aliphatic carbocycles. The highest BCUT2D eigenvalue weighted by molar-refractivity contribution is 6.28. The Labute approximate surface area is 150 Å². The number of imidazole rings is 1. The summed E-state index contributed by atoms with van der Waals surface area (Å²) in [6.45, 7) is 0. The molecule has 1 N–H and O–H groups in total. The molecule has 0 saturated heterocycles. The summed E-state index contributed by atoms with van der Waals surface area (Å²) < 4.78 is 1.83.